The monoisotopic (exact) mass is 229 g/mol. The van der Waals surface area contributed by atoms with Crippen molar-refractivity contribution in [1.29, 1.82) is 0 Å². The summed E-state index contributed by atoms with van der Waals surface area (Å²) >= 11 is 0. The van der Waals surface area contributed by atoms with Gasteiger partial charge >= 0.3 is 5.97 Å². The number of rotatable bonds is 5. The molecule has 0 aliphatic heterocycles. The van der Waals surface area contributed by atoms with Gasteiger partial charge in [-0.2, -0.15) is 0 Å². The van der Waals surface area contributed by atoms with Crippen LogP contribution in [-0.2, 0) is 4.79 Å². The second-order valence-electron chi connectivity index (χ2n) is 5.14. The van der Waals surface area contributed by atoms with Gasteiger partial charge in [0, 0.05) is 19.1 Å². The number of carboxylic acids is 1. The Labute approximate surface area is 97.2 Å². The van der Waals surface area contributed by atoms with Crippen LogP contribution in [0.2, 0.25) is 0 Å². The Balaban J connectivity index is 2.43. The summed E-state index contributed by atoms with van der Waals surface area (Å²) in [6, 6.07) is 0.307. The summed E-state index contributed by atoms with van der Waals surface area (Å²) in [5, 5.41) is 9.04. The number of hydrogen-bond donors (Lipinski definition) is 2. The van der Waals surface area contributed by atoms with Gasteiger partial charge in [0.15, 0.2) is 0 Å². The standard InChI is InChI=1S/C11H23N3O2/c1-13(2)6-7-14(3)9-4-5-11(12,8-9)10(15)16/h9H,4-8,12H2,1-3H3,(H,15,16). The van der Waals surface area contributed by atoms with Crippen LogP contribution in [0.5, 0.6) is 0 Å². The molecule has 1 aliphatic carbocycles. The Morgan fingerprint density at radius 3 is 2.50 bits per heavy atom. The quantitative estimate of drug-likeness (QED) is 0.684. The zero-order chi connectivity index (χ0) is 12.3. The van der Waals surface area contributed by atoms with Gasteiger partial charge in [0.1, 0.15) is 5.54 Å². The molecule has 0 bridgehead atoms. The first kappa shape index (κ1) is 13.4. The van der Waals surface area contributed by atoms with E-state index in [-0.39, 0.29) is 0 Å². The molecule has 0 amide bonds. The first-order valence-corrected chi connectivity index (χ1v) is 5.72. The van der Waals surface area contributed by atoms with E-state index in [1.165, 1.54) is 0 Å². The Hall–Kier alpha value is -0.650. The summed E-state index contributed by atoms with van der Waals surface area (Å²) in [6.07, 6.45) is 2.03. The number of aliphatic carboxylic acids is 1. The molecular weight excluding hydrogens is 206 g/mol. The Morgan fingerprint density at radius 1 is 1.44 bits per heavy atom. The molecule has 0 heterocycles. The van der Waals surface area contributed by atoms with Crippen LogP contribution in [0.15, 0.2) is 0 Å². The van der Waals surface area contributed by atoms with Crippen molar-refractivity contribution in [3.63, 3.8) is 0 Å². The molecule has 5 nitrogen and oxygen atoms in total. The van der Waals surface area contributed by atoms with E-state index in [0.717, 1.165) is 19.5 Å². The van der Waals surface area contributed by atoms with Crippen LogP contribution in [0, 0.1) is 0 Å². The second-order valence-corrected chi connectivity index (χ2v) is 5.14. The minimum atomic E-state index is -1.00. The zero-order valence-electron chi connectivity index (χ0n) is 10.4. The predicted octanol–water partition coefficient (Wildman–Crippen LogP) is -0.186. The number of carboxylic acid groups (broad SMARTS) is 1. The van der Waals surface area contributed by atoms with Gasteiger partial charge in [-0.15, -0.1) is 0 Å². The van der Waals surface area contributed by atoms with E-state index in [2.05, 4.69) is 9.80 Å². The van der Waals surface area contributed by atoms with Crippen molar-refractivity contribution in [2.45, 2.75) is 30.8 Å². The lowest BCUT2D eigenvalue weighted by Gasteiger charge is -2.26. The van der Waals surface area contributed by atoms with Crippen molar-refractivity contribution < 1.29 is 9.90 Å². The third-order valence-corrected chi connectivity index (χ3v) is 3.47. The van der Waals surface area contributed by atoms with Crippen molar-refractivity contribution in [2.75, 3.05) is 34.2 Å². The summed E-state index contributed by atoms with van der Waals surface area (Å²) in [6.45, 7) is 1.94. The van der Waals surface area contributed by atoms with Crippen LogP contribution in [0.25, 0.3) is 0 Å². The molecule has 1 fully saturated rings. The van der Waals surface area contributed by atoms with Crippen LogP contribution in [0.1, 0.15) is 19.3 Å². The predicted molar refractivity (Wildman–Crippen MR) is 63.4 cm³/mol. The van der Waals surface area contributed by atoms with Crippen LogP contribution >= 0.6 is 0 Å². The average molecular weight is 229 g/mol. The van der Waals surface area contributed by atoms with Crippen molar-refractivity contribution in [2.24, 2.45) is 5.73 Å². The first-order valence-electron chi connectivity index (χ1n) is 5.72. The van der Waals surface area contributed by atoms with Crippen molar-refractivity contribution in [3.05, 3.63) is 0 Å². The average Bonchev–Trinajstić information content (AvgIpc) is 2.59. The van der Waals surface area contributed by atoms with Gasteiger partial charge in [0.2, 0.25) is 0 Å². The molecule has 0 radical (unpaired) electrons. The first-order chi connectivity index (χ1) is 7.35. The SMILES string of the molecule is CN(C)CCN(C)C1CCC(N)(C(=O)O)C1. The van der Waals surface area contributed by atoms with Gasteiger partial charge in [0.25, 0.3) is 0 Å². The molecule has 0 saturated heterocycles. The van der Waals surface area contributed by atoms with E-state index in [4.69, 9.17) is 10.8 Å². The van der Waals surface area contributed by atoms with E-state index in [1.54, 1.807) is 0 Å². The maximum absolute atomic E-state index is 11.0. The molecule has 1 aliphatic rings. The molecule has 1 saturated carbocycles. The van der Waals surface area contributed by atoms with Gasteiger partial charge in [-0.25, -0.2) is 0 Å². The molecule has 0 spiro atoms. The van der Waals surface area contributed by atoms with Gasteiger partial charge in [-0.1, -0.05) is 0 Å². The lowest BCUT2D eigenvalue weighted by atomic mass is 9.99. The molecule has 0 aromatic heterocycles. The normalized spacial score (nSPS) is 30.2. The molecule has 94 valence electrons. The third-order valence-electron chi connectivity index (χ3n) is 3.47. The fourth-order valence-electron chi connectivity index (χ4n) is 2.16. The highest BCUT2D eigenvalue weighted by molar-refractivity contribution is 5.79. The second kappa shape index (κ2) is 5.12. The molecular formula is C11H23N3O2. The Bertz CT molecular complexity index is 258. The molecule has 3 N–H and O–H groups in total. The van der Waals surface area contributed by atoms with Crippen molar-refractivity contribution >= 4 is 5.97 Å². The Morgan fingerprint density at radius 2 is 2.06 bits per heavy atom. The molecule has 2 unspecified atom stereocenters. The highest BCUT2D eigenvalue weighted by Gasteiger charge is 2.43. The van der Waals surface area contributed by atoms with E-state index < -0.39 is 11.5 Å². The number of nitrogens with two attached hydrogens (primary N) is 1. The fourth-order valence-corrected chi connectivity index (χ4v) is 2.16. The zero-order valence-corrected chi connectivity index (χ0v) is 10.4. The van der Waals surface area contributed by atoms with E-state index in [1.807, 2.05) is 21.1 Å². The maximum atomic E-state index is 11.0. The number of carbonyl (C=O) groups is 1. The molecule has 0 aromatic rings. The van der Waals surface area contributed by atoms with E-state index >= 15 is 0 Å². The molecule has 16 heavy (non-hydrogen) atoms. The van der Waals surface area contributed by atoms with Gasteiger partial charge in [0.05, 0.1) is 0 Å². The largest absolute Gasteiger partial charge is 0.480 e. The van der Waals surface area contributed by atoms with Gasteiger partial charge in [-0.3, -0.25) is 4.79 Å². The number of likely N-dealkylation sites (N-methyl/N-ethyl adjacent to an activating group) is 2. The summed E-state index contributed by atoms with van der Waals surface area (Å²) in [5.41, 5.74) is 4.85. The molecule has 5 heteroatoms. The van der Waals surface area contributed by atoms with Crippen LogP contribution in [0.3, 0.4) is 0 Å². The molecule has 1 rings (SSSR count). The fraction of sp³-hybridized carbons (Fsp3) is 0.909. The molecule has 2 atom stereocenters. The van der Waals surface area contributed by atoms with Crippen LogP contribution < -0.4 is 5.73 Å². The molecule has 0 aromatic carbocycles. The number of nitrogens with zero attached hydrogens (tertiary/aromatic N) is 2. The van der Waals surface area contributed by atoms with E-state index in [9.17, 15) is 4.79 Å². The number of hydrogen-bond acceptors (Lipinski definition) is 4. The highest BCUT2D eigenvalue weighted by Crippen LogP contribution is 2.30. The third kappa shape index (κ3) is 3.17. The lowest BCUT2D eigenvalue weighted by molar-refractivity contribution is -0.143. The van der Waals surface area contributed by atoms with Gasteiger partial charge in [-0.05, 0) is 40.4 Å². The topological polar surface area (TPSA) is 69.8 Å². The van der Waals surface area contributed by atoms with Crippen LogP contribution in [-0.4, -0.2) is 66.7 Å². The summed E-state index contributed by atoms with van der Waals surface area (Å²) < 4.78 is 0. The Kier molecular flexibility index (Phi) is 4.29. The minimum Gasteiger partial charge on any atom is -0.480 e. The van der Waals surface area contributed by atoms with Crippen molar-refractivity contribution in [3.8, 4) is 0 Å². The van der Waals surface area contributed by atoms with Gasteiger partial charge < -0.3 is 20.6 Å². The summed E-state index contributed by atoms with van der Waals surface area (Å²) in [5.74, 6) is -0.865. The summed E-state index contributed by atoms with van der Waals surface area (Å²) in [7, 11) is 6.11. The smallest absolute Gasteiger partial charge is 0.323 e. The minimum absolute atomic E-state index is 0.307. The van der Waals surface area contributed by atoms with Crippen molar-refractivity contribution in [1.82, 2.24) is 9.80 Å². The lowest BCUT2D eigenvalue weighted by Crippen LogP contribution is -2.47. The maximum Gasteiger partial charge on any atom is 0.323 e. The highest BCUT2D eigenvalue weighted by atomic mass is 16.4. The van der Waals surface area contributed by atoms with E-state index in [0.29, 0.717) is 18.9 Å². The summed E-state index contributed by atoms with van der Waals surface area (Å²) in [4.78, 5) is 15.3. The van der Waals surface area contributed by atoms with Crippen LogP contribution in [0.4, 0.5) is 0 Å².